The van der Waals surface area contributed by atoms with Gasteiger partial charge in [0.1, 0.15) is 5.75 Å². The topological polar surface area (TPSA) is 84.5 Å². The van der Waals surface area contributed by atoms with Gasteiger partial charge in [0.05, 0.1) is 17.5 Å². The van der Waals surface area contributed by atoms with Crippen molar-refractivity contribution in [1.82, 2.24) is 5.32 Å². The predicted molar refractivity (Wildman–Crippen MR) is 117 cm³/mol. The highest BCUT2D eigenvalue weighted by molar-refractivity contribution is 7.92. The first-order valence-corrected chi connectivity index (χ1v) is 11.1. The molecule has 3 aromatic carbocycles. The molecule has 30 heavy (non-hydrogen) atoms. The van der Waals surface area contributed by atoms with Crippen molar-refractivity contribution in [3.05, 3.63) is 90.0 Å². The Morgan fingerprint density at radius 2 is 1.67 bits per heavy atom. The van der Waals surface area contributed by atoms with Crippen molar-refractivity contribution in [3.63, 3.8) is 0 Å². The summed E-state index contributed by atoms with van der Waals surface area (Å²) in [6.45, 7) is 4.28. The quantitative estimate of drug-likeness (QED) is 0.562. The number of ether oxygens (including phenoxy) is 1. The van der Waals surface area contributed by atoms with Crippen molar-refractivity contribution < 1.29 is 17.9 Å². The molecule has 3 aromatic rings. The molecule has 0 radical (unpaired) electrons. The molecule has 156 valence electrons. The zero-order chi connectivity index (χ0) is 21.6. The molecule has 1 amide bonds. The number of sulfonamides is 1. The fourth-order valence-corrected chi connectivity index (χ4v) is 4.01. The van der Waals surface area contributed by atoms with Crippen LogP contribution in [0.25, 0.3) is 0 Å². The van der Waals surface area contributed by atoms with Gasteiger partial charge in [-0.25, -0.2) is 8.42 Å². The van der Waals surface area contributed by atoms with Gasteiger partial charge in [-0.15, -0.1) is 0 Å². The summed E-state index contributed by atoms with van der Waals surface area (Å²) >= 11 is 0. The standard InChI is InChI=1S/C23H24N2O4S/c1-3-29-21-14-12-20(13-15-21)25-30(27,28)22-11-7-10-19(16-22)23(26)24-17(2)18-8-5-4-6-9-18/h4-17,25H,3H2,1-2H3,(H,24,26). The van der Waals surface area contributed by atoms with Gasteiger partial charge >= 0.3 is 0 Å². The Labute approximate surface area is 177 Å². The molecule has 0 heterocycles. The van der Waals surface area contributed by atoms with E-state index < -0.39 is 10.0 Å². The van der Waals surface area contributed by atoms with Crippen LogP contribution in [0.5, 0.6) is 5.75 Å². The minimum atomic E-state index is -3.85. The lowest BCUT2D eigenvalue weighted by Crippen LogP contribution is -2.26. The van der Waals surface area contributed by atoms with Crippen LogP contribution in [0.1, 0.15) is 35.8 Å². The van der Waals surface area contributed by atoms with E-state index in [0.29, 0.717) is 18.0 Å². The number of carbonyl (C=O) groups excluding carboxylic acids is 1. The van der Waals surface area contributed by atoms with E-state index in [1.807, 2.05) is 44.2 Å². The Morgan fingerprint density at radius 1 is 0.967 bits per heavy atom. The zero-order valence-electron chi connectivity index (χ0n) is 16.8. The summed E-state index contributed by atoms with van der Waals surface area (Å²) in [6.07, 6.45) is 0. The lowest BCUT2D eigenvalue weighted by molar-refractivity contribution is 0.0939. The maximum atomic E-state index is 12.8. The van der Waals surface area contributed by atoms with Gasteiger partial charge in [-0.1, -0.05) is 36.4 Å². The minimum absolute atomic E-state index is 0.0106. The number of benzene rings is 3. The maximum absolute atomic E-state index is 12.8. The van der Waals surface area contributed by atoms with Gasteiger partial charge in [-0.2, -0.15) is 0 Å². The van der Waals surface area contributed by atoms with Gasteiger partial charge in [-0.3, -0.25) is 9.52 Å². The molecule has 2 N–H and O–H groups in total. The van der Waals surface area contributed by atoms with Crippen molar-refractivity contribution in [3.8, 4) is 5.75 Å². The van der Waals surface area contributed by atoms with E-state index in [1.165, 1.54) is 12.1 Å². The Kier molecular flexibility index (Phi) is 6.74. The first-order valence-electron chi connectivity index (χ1n) is 9.60. The van der Waals surface area contributed by atoms with E-state index in [0.717, 1.165) is 5.56 Å². The first kappa shape index (κ1) is 21.4. The van der Waals surface area contributed by atoms with Gasteiger partial charge < -0.3 is 10.1 Å². The molecule has 0 fully saturated rings. The molecule has 3 rings (SSSR count). The number of amides is 1. The van der Waals surface area contributed by atoms with Crippen LogP contribution in [0, 0.1) is 0 Å². The van der Waals surface area contributed by atoms with Crippen molar-refractivity contribution in [2.24, 2.45) is 0 Å². The molecular formula is C23H24N2O4S. The third-order valence-electron chi connectivity index (χ3n) is 4.47. The second-order valence-electron chi connectivity index (χ2n) is 6.70. The minimum Gasteiger partial charge on any atom is -0.494 e. The second-order valence-corrected chi connectivity index (χ2v) is 8.38. The van der Waals surface area contributed by atoms with E-state index in [2.05, 4.69) is 10.0 Å². The van der Waals surface area contributed by atoms with Crippen LogP contribution in [-0.2, 0) is 10.0 Å². The van der Waals surface area contributed by atoms with Crippen LogP contribution in [0.15, 0.2) is 83.8 Å². The number of hydrogen-bond donors (Lipinski definition) is 2. The number of carbonyl (C=O) groups is 1. The summed E-state index contributed by atoms with van der Waals surface area (Å²) in [4.78, 5) is 12.6. The predicted octanol–water partition coefficient (Wildman–Crippen LogP) is 4.38. The third kappa shape index (κ3) is 5.39. The van der Waals surface area contributed by atoms with Crippen molar-refractivity contribution >= 4 is 21.6 Å². The van der Waals surface area contributed by atoms with Gasteiger partial charge in [0, 0.05) is 11.3 Å². The monoisotopic (exact) mass is 424 g/mol. The summed E-state index contributed by atoms with van der Waals surface area (Å²) in [6, 6.07) is 21.9. The lowest BCUT2D eigenvalue weighted by atomic mass is 10.1. The van der Waals surface area contributed by atoms with Crippen molar-refractivity contribution in [1.29, 1.82) is 0 Å². The zero-order valence-corrected chi connectivity index (χ0v) is 17.6. The van der Waals surface area contributed by atoms with Gasteiger partial charge in [0.15, 0.2) is 0 Å². The van der Waals surface area contributed by atoms with E-state index >= 15 is 0 Å². The number of anilines is 1. The average molecular weight is 425 g/mol. The summed E-state index contributed by atoms with van der Waals surface area (Å²) in [7, 11) is -3.85. The van der Waals surface area contributed by atoms with Gasteiger partial charge in [-0.05, 0) is 61.9 Å². The molecule has 0 spiro atoms. The van der Waals surface area contributed by atoms with Crippen LogP contribution in [-0.4, -0.2) is 20.9 Å². The Balaban J connectivity index is 1.74. The summed E-state index contributed by atoms with van der Waals surface area (Å²) in [5.41, 5.74) is 1.64. The number of rotatable bonds is 8. The summed E-state index contributed by atoms with van der Waals surface area (Å²) in [5.74, 6) is 0.316. The number of nitrogens with one attached hydrogen (secondary N) is 2. The van der Waals surface area contributed by atoms with Crippen molar-refractivity contribution in [2.75, 3.05) is 11.3 Å². The largest absolute Gasteiger partial charge is 0.494 e. The molecular weight excluding hydrogens is 400 g/mol. The molecule has 0 aliphatic carbocycles. The molecule has 0 aliphatic rings. The lowest BCUT2D eigenvalue weighted by Gasteiger charge is -2.15. The van der Waals surface area contributed by atoms with Crippen molar-refractivity contribution in [2.45, 2.75) is 24.8 Å². The first-order chi connectivity index (χ1) is 14.4. The summed E-state index contributed by atoms with van der Waals surface area (Å²) < 4.78 is 33.4. The van der Waals surface area contributed by atoms with Crippen LogP contribution in [0.3, 0.4) is 0 Å². The molecule has 0 aromatic heterocycles. The third-order valence-corrected chi connectivity index (χ3v) is 5.85. The summed E-state index contributed by atoms with van der Waals surface area (Å²) in [5, 5.41) is 2.89. The molecule has 1 atom stereocenters. The fraction of sp³-hybridized carbons (Fsp3) is 0.174. The van der Waals surface area contributed by atoms with Gasteiger partial charge in [0.2, 0.25) is 0 Å². The highest BCUT2D eigenvalue weighted by atomic mass is 32.2. The van der Waals surface area contributed by atoms with E-state index in [1.54, 1.807) is 36.4 Å². The molecule has 0 saturated carbocycles. The molecule has 0 bridgehead atoms. The Bertz CT molecular complexity index is 1100. The van der Waals surface area contributed by atoms with Crippen LogP contribution >= 0.6 is 0 Å². The van der Waals surface area contributed by atoms with E-state index in [4.69, 9.17) is 4.74 Å². The van der Waals surface area contributed by atoms with Crippen LogP contribution in [0.2, 0.25) is 0 Å². The molecule has 6 nitrogen and oxygen atoms in total. The van der Waals surface area contributed by atoms with E-state index in [9.17, 15) is 13.2 Å². The second kappa shape index (κ2) is 9.45. The Morgan fingerprint density at radius 3 is 2.33 bits per heavy atom. The average Bonchev–Trinajstić information content (AvgIpc) is 2.76. The normalized spacial score (nSPS) is 12.1. The Hall–Kier alpha value is -3.32. The SMILES string of the molecule is CCOc1ccc(NS(=O)(=O)c2cccc(C(=O)NC(C)c3ccccc3)c2)cc1. The fourth-order valence-electron chi connectivity index (χ4n) is 2.91. The van der Waals surface area contributed by atoms with E-state index in [-0.39, 0.29) is 22.4 Å². The highest BCUT2D eigenvalue weighted by Gasteiger charge is 2.18. The molecule has 0 saturated heterocycles. The van der Waals surface area contributed by atoms with Crippen LogP contribution < -0.4 is 14.8 Å². The van der Waals surface area contributed by atoms with Crippen LogP contribution in [0.4, 0.5) is 5.69 Å². The molecule has 1 unspecified atom stereocenters. The van der Waals surface area contributed by atoms with Gasteiger partial charge in [0.25, 0.3) is 15.9 Å². The smallest absolute Gasteiger partial charge is 0.261 e. The molecule has 0 aliphatic heterocycles. The molecule has 7 heteroatoms. The maximum Gasteiger partial charge on any atom is 0.261 e. The number of hydrogen-bond acceptors (Lipinski definition) is 4. The highest BCUT2D eigenvalue weighted by Crippen LogP contribution is 2.21.